The minimum atomic E-state index is -0.494. The predicted octanol–water partition coefficient (Wildman–Crippen LogP) is 3.65. The van der Waals surface area contributed by atoms with Crippen LogP contribution in [0, 0.1) is 0 Å². The van der Waals surface area contributed by atoms with Crippen molar-refractivity contribution < 1.29 is 9.53 Å². The van der Waals surface area contributed by atoms with Gasteiger partial charge in [-0.25, -0.2) is 4.79 Å². The summed E-state index contributed by atoms with van der Waals surface area (Å²) in [5, 5.41) is 2.40. The van der Waals surface area contributed by atoms with Crippen molar-refractivity contribution in [3.63, 3.8) is 0 Å². The van der Waals surface area contributed by atoms with Crippen LogP contribution in [0.15, 0.2) is 23.5 Å². The second-order valence-corrected chi connectivity index (χ2v) is 7.08. The second-order valence-electron chi connectivity index (χ2n) is 6.90. The Balaban J connectivity index is 2.12. The number of carbonyl (C=O) groups excluding carboxylic acids is 1. The molecule has 2 heterocycles. The molecule has 6 nitrogen and oxygen atoms in total. The fourth-order valence-electron chi connectivity index (χ4n) is 2.75. The molecule has 1 aliphatic rings. The number of rotatable bonds is 3. The fraction of sp³-hybridized carbons (Fsp3) is 0.588. The van der Waals surface area contributed by atoms with Gasteiger partial charge in [0.05, 0.1) is 23.1 Å². The Labute approximate surface area is 148 Å². The van der Waals surface area contributed by atoms with Crippen LogP contribution in [0.4, 0.5) is 16.2 Å². The summed E-state index contributed by atoms with van der Waals surface area (Å²) in [5.41, 5.74) is 1.17. The first-order valence-electron chi connectivity index (χ1n) is 8.04. The number of carbonyl (C=O) groups is 1. The van der Waals surface area contributed by atoms with E-state index < -0.39 is 5.60 Å². The smallest absolute Gasteiger partial charge is 0.410 e. The van der Waals surface area contributed by atoms with Gasteiger partial charge in [0, 0.05) is 26.3 Å². The van der Waals surface area contributed by atoms with Crippen LogP contribution in [0.2, 0.25) is 0 Å². The standard InChI is InChI=1S/C17H24N4O2S/c1-17(2,3)23-16(22)20(4)13-6-5-9-21(11-13)15-7-8-18-10-14(15)19-12-24/h7-8,10,13H,5-6,9,11H2,1-4H3/t13-/m0/s1. The van der Waals surface area contributed by atoms with Gasteiger partial charge in [0.15, 0.2) is 0 Å². The lowest BCUT2D eigenvalue weighted by atomic mass is 10.0. The molecule has 0 spiro atoms. The number of ether oxygens (including phenoxy) is 1. The number of piperidine rings is 1. The zero-order valence-electron chi connectivity index (χ0n) is 14.7. The molecule has 7 heteroatoms. The molecule has 0 aromatic carbocycles. The second kappa shape index (κ2) is 7.73. The molecule has 1 fully saturated rings. The summed E-state index contributed by atoms with van der Waals surface area (Å²) in [6.45, 7) is 7.25. The normalized spacial score (nSPS) is 17.8. The van der Waals surface area contributed by atoms with Crippen LogP contribution in [0.3, 0.4) is 0 Å². The largest absolute Gasteiger partial charge is 0.444 e. The lowest BCUT2D eigenvalue weighted by Crippen LogP contribution is -2.49. The van der Waals surface area contributed by atoms with Gasteiger partial charge >= 0.3 is 6.09 Å². The summed E-state index contributed by atoms with van der Waals surface area (Å²) >= 11 is 4.71. The molecule has 0 bridgehead atoms. The molecule has 1 amide bonds. The molecule has 1 aromatic rings. The molecule has 24 heavy (non-hydrogen) atoms. The monoisotopic (exact) mass is 348 g/mol. The number of thiocarbonyl (C=S) groups is 1. The van der Waals surface area contributed by atoms with Crippen LogP contribution in [-0.2, 0) is 4.74 Å². The number of pyridine rings is 1. The Bertz CT molecular complexity index is 638. The number of nitrogens with zero attached hydrogens (tertiary/aromatic N) is 4. The molecule has 2 rings (SSSR count). The number of likely N-dealkylation sites (N-methyl/N-ethyl adjacent to an activating group) is 1. The molecule has 0 radical (unpaired) electrons. The first kappa shape index (κ1) is 18.4. The maximum Gasteiger partial charge on any atom is 0.410 e. The quantitative estimate of drug-likeness (QED) is 0.616. The highest BCUT2D eigenvalue weighted by molar-refractivity contribution is 7.78. The molecule has 1 aromatic heterocycles. The van der Waals surface area contributed by atoms with Crippen LogP contribution in [0.25, 0.3) is 0 Å². The predicted molar refractivity (Wildman–Crippen MR) is 98.2 cm³/mol. The first-order chi connectivity index (χ1) is 11.3. The third kappa shape index (κ3) is 4.76. The Kier molecular flexibility index (Phi) is 5.91. The highest BCUT2D eigenvalue weighted by Crippen LogP contribution is 2.30. The highest BCUT2D eigenvalue weighted by Gasteiger charge is 2.29. The molecule has 0 unspecified atom stereocenters. The summed E-state index contributed by atoms with van der Waals surface area (Å²) in [7, 11) is 1.80. The number of anilines is 1. The summed E-state index contributed by atoms with van der Waals surface area (Å²) in [6, 6.07) is 2.01. The molecule has 1 aliphatic heterocycles. The van der Waals surface area contributed by atoms with Gasteiger partial charge in [0.25, 0.3) is 0 Å². The van der Waals surface area contributed by atoms with E-state index in [0.29, 0.717) is 5.69 Å². The average Bonchev–Trinajstić information content (AvgIpc) is 2.53. The highest BCUT2D eigenvalue weighted by atomic mass is 32.1. The molecule has 0 aliphatic carbocycles. The minimum absolute atomic E-state index is 0.0890. The lowest BCUT2D eigenvalue weighted by molar-refractivity contribution is 0.0210. The van der Waals surface area contributed by atoms with Crippen molar-refractivity contribution in [2.24, 2.45) is 4.99 Å². The van der Waals surface area contributed by atoms with Gasteiger partial charge in [-0.3, -0.25) is 4.98 Å². The van der Waals surface area contributed by atoms with Gasteiger partial charge in [-0.1, -0.05) is 0 Å². The summed E-state index contributed by atoms with van der Waals surface area (Å²) in [4.78, 5) is 24.4. The molecule has 0 N–H and O–H groups in total. The van der Waals surface area contributed by atoms with Crippen molar-refractivity contribution in [2.75, 3.05) is 25.0 Å². The van der Waals surface area contributed by atoms with Crippen molar-refractivity contribution in [1.82, 2.24) is 9.88 Å². The van der Waals surface area contributed by atoms with Gasteiger partial charge < -0.3 is 14.5 Å². The number of amides is 1. The zero-order valence-corrected chi connectivity index (χ0v) is 15.5. The number of aromatic nitrogens is 1. The average molecular weight is 348 g/mol. The van der Waals surface area contributed by atoms with Crippen molar-refractivity contribution in [1.29, 1.82) is 0 Å². The SMILES string of the molecule is CN(C(=O)OC(C)(C)C)[C@H]1CCCN(c2ccncc2N=C=S)C1. The maximum absolute atomic E-state index is 12.3. The molecule has 1 atom stereocenters. The zero-order chi connectivity index (χ0) is 17.7. The van der Waals surface area contributed by atoms with Crippen molar-refractivity contribution in [2.45, 2.75) is 45.3 Å². The van der Waals surface area contributed by atoms with Crippen LogP contribution < -0.4 is 4.90 Å². The fourth-order valence-corrected chi connectivity index (χ4v) is 2.85. The third-order valence-electron chi connectivity index (χ3n) is 3.91. The van der Waals surface area contributed by atoms with E-state index in [9.17, 15) is 4.79 Å². The Hall–Kier alpha value is -1.98. The first-order valence-corrected chi connectivity index (χ1v) is 8.45. The van der Waals surface area contributed by atoms with E-state index in [0.717, 1.165) is 31.6 Å². The summed E-state index contributed by atoms with van der Waals surface area (Å²) in [5.74, 6) is 0. The van der Waals surface area contributed by atoms with Crippen LogP contribution in [0.1, 0.15) is 33.6 Å². The van der Waals surface area contributed by atoms with E-state index in [2.05, 4.69) is 20.0 Å². The van der Waals surface area contributed by atoms with Crippen LogP contribution in [0.5, 0.6) is 0 Å². The minimum Gasteiger partial charge on any atom is -0.444 e. The van der Waals surface area contributed by atoms with Gasteiger partial charge in [0.2, 0.25) is 0 Å². The Morgan fingerprint density at radius 1 is 1.54 bits per heavy atom. The van der Waals surface area contributed by atoms with Crippen molar-refractivity contribution in [3.8, 4) is 0 Å². The Morgan fingerprint density at radius 2 is 2.29 bits per heavy atom. The topological polar surface area (TPSA) is 58.0 Å². The van der Waals surface area contributed by atoms with E-state index in [1.54, 1.807) is 24.3 Å². The number of hydrogen-bond donors (Lipinski definition) is 0. The number of isothiocyanates is 1. The summed E-state index contributed by atoms with van der Waals surface area (Å²) < 4.78 is 5.47. The molecular weight excluding hydrogens is 324 g/mol. The molecule has 0 saturated carbocycles. The van der Waals surface area contributed by atoms with Gasteiger partial charge in [-0.2, -0.15) is 4.99 Å². The van der Waals surface area contributed by atoms with E-state index in [1.165, 1.54) is 0 Å². The summed E-state index contributed by atoms with van der Waals surface area (Å²) in [6.07, 6.45) is 5.06. The molecular formula is C17H24N4O2S. The van der Waals surface area contributed by atoms with Gasteiger partial charge in [-0.05, 0) is 51.9 Å². The van der Waals surface area contributed by atoms with E-state index in [1.807, 2.05) is 26.8 Å². The van der Waals surface area contributed by atoms with Crippen LogP contribution in [-0.4, -0.2) is 52.9 Å². The molecule has 130 valence electrons. The maximum atomic E-state index is 12.3. The third-order valence-corrected chi connectivity index (χ3v) is 4.00. The van der Waals surface area contributed by atoms with Crippen molar-refractivity contribution in [3.05, 3.63) is 18.5 Å². The van der Waals surface area contributed by atoms with Crippen LogP contribution >= 0.6 is 12.2 Å². The van der Waals surface area contributed by atoms with Crippen molar-refractivity contribution >= 4 is 34.8 Å². The lowest BCUT2D eigenvalue weighted by Gasteiger charge is -2.39. The number of hydrogen-bond acceptors (Lipinski definition) is 6. The number of aliphatic imine (C=N–C) groups is 1. The van der Waals surface area contributed by atoms with Gasteiger partial charge in [-0.15, -0.1) is 0 Å². The van der Waals surface area contributed by atoms with E-state index in [4.69, 9.17) is 17.0 Å². The Morgan fingerprint density at radius 3 is 2.96 bits per heavy atom. The van der Waals surface area contributed by atoms with E-state index >= 15 is 0 Å². The van der Waals surface area contributed by atoms with E-state index in [-0.39, 0.29) is 12.1 Å². The van der Waals surface area contributed by atoms with Gasteiger partial charge in [0.1, 0.15) is 11.3 Å². The molecule has 1 saturated heterocycles.